The van der Waals surface area contributed by atoms with E-state index in [0.29, 0.717) is 34.4 Å². The van der Waals surface area contributed by atoms with E-state index in [0.717, 1.165) is 0 Å². The highest BCUT2D eigenvalue weighted by Gasteiger charge is 2.14. The molecule has 1 heterocycles. The van der Waals surface area contributed by atoms with Gasteiger partial charge in [0.05, 0.1) is 25.5 Å². The fourth-order valence-corrected chi connectivity index (χ4v) is 1.97. The average molecular weight is 316 g/mol. The molecule has 0 aliphatic carbocycles. The van der Waals surface area contributed by atoms with Crippen LogP contribution in [0, 0.1) is 6.92 Å². The molecule has 7 heteroatoms. The highest BCUT2D eigenvalue weighted by atomic mass is 16.5. The number of amides is 1. The van der Waals surface area contributed by atoms with Crippen molar-refractivity contribution in [2.45, 2.75) is 6.92 Å². The molecular weight excluding hydrogens is 296 g/mol. The molecule has 0 spiro atoms. The first-order valence-electron chi connectivity index (χ1n) is 7.00. The van der Waals surface area contributed by atoms with E-state index in [9.17, 15) is 4.79 Å². The van der Waals surface area contributed by atoms with Crippen LogP contribution in [0.25, 0.3) is 0 Å². The van der Waals surface area contributed by atoms with Crippen LogP contribution >= 0.6 is 0 Å². The molecule has 0 atom stereocenters. The number of aryl methyl sites for hydroxylation is 1. The van der Waals surface area contributed by atoms with Crippen LogP contribution < -0.4 is 19.7 Å². The summed E-state index contributed by atoms with van der Waals surface area (Å²) in [5.74, 6) is 1.45. The maximum Gasteiger partial charge on any atom is 0.259 e. The largest absolute Gasteiger partial charge is 0.497 e. The minimum atomic E-state index is -0.289. The first kappa shape index (κ1) is 16.5. The predicted molar refractivity (Wildman–Crippen MR) is 88.6 cm³/mol. The van der Waals surface area contributed by atoms with Crippen LogP contribution in [0.4, 0.5) is 11.6 Å². The molecule has 1 amide bonds. The van der Waals surface area contributed by atoms with E-state index < -0.39 is 0 Å². The molecule has 0 fully saturated rings. The summed E-state index contributed by atoms with van der Waals surface area (Å²) in [6.07, 6.45) is 1.52. The van der Waals surface area contributed by atoms with E-state index in [1.807, 2.05) is 14.1 Å². The van der Waals surface area contributed by atoms with E-state index in [4.69, 9.17) is 9.47 Å². The number of anilines is 2. The summed E-state index contributed by atoms with van der Waals surface area (Å²) in [4.78, 5) is 22.7. The van der Waals surface area contributed by atoms with Crippen LogP contribution in [-0.2, 0) is 0 Å². The smallest absolute Gasteiger partial charge is 0.259 e. The van der Waals surface area contributed by atoms with Crippen LogP contribution in [0.2, 0.25) is 0 Å². The van der Waals surface area contributed by atoms with Gasteiger partial charge in [-0.3, -0.25) is 4.79 Å². The number of hydrogen-bond donors (Lipinski definition) is 1. The Bertz CT molecular complexity index is 694. The summed E-state index contributed by atoms with van der Waals surface area (Å²) in [6.45, 7) is 1.77. The van der Waals surface area contributed by atoms with E-state index in [-0.39, 0.29) is 5.91 Å². The monoisotopic (exact) mass is 316 g/mol. The van der Waals surface area contributed by atoms with Crippen molar-refractivity contribution in [1.82, 2.24) is 9.97 Å². The maximum absolute atomic E-state index is 12.4. The second-order valence-corrected chi connectivity index (χ2v) is 5.12. The molecule has 0 aliphatic heterocycles. The van der Waals surface area contributed by atoms with Gasteiger partial charge in [-0.15, -0.1) is 0 Å². The molecule has 7 nitrogen and oxygen atoms in total. The van der Waals surface area contributed by atoms with E-state index in [2.05, 4.69) is 15.3 Å². The Labute approximate surface area is 135 Å². The number of nitrogens with one attached hydrogen (secondary N) is 1. The number of hydrogen-bond acceptors (Lipinski definition) is 6. The summed E-state index contributed by atoms with van der Waals surface area (Å²) < 4.78 is 10.4. The van der Waals surface area contributed by atoms with Crippen LogP contribution in [0.5, 0.6) is 11.5 Å². The summed E-state index contributed by atoms with van der Waals surface area (Å²) >= 11 is 0. The van der Waals surface area contributed by atoms with Crippen molar-refractivity contribution in [3.05, 3.63) is 35.7 Å². The Hall–Kier alpha value is -2.83. The third-order valence-electron chi connectivity index (χ3n) is 3.22. The maximum atomic E-state index is 12.4. The number of carbonyl (C=O) groups is 1. The fourth-order valence-electron chi connectivity index (χ4n) is 1.97. The molecule has 0 saturated carbocycles. The highest BCUT2D eigenvalue weighted by Crippen LogP contribution is 2.26. The number of aromatic nitrogens is 2. The molecule has 2 aromatic rings. The summed E-state index contributed by atoms with van der Waals surface area (Å²) in [5.41, 5.74) is 1.59. The van der Waals surface area contributed by atoms with Crippen LogP contribution in [0.3, 0.4) is 0 Å². The predicted octanol–water partition coefficient (Wildman–Crippen LogP) is 2.12. The Morgan fingerprint density at radius 3 is 2.22 bits per heavy atom. The molecule has 0 aliphatic rings. The van der Waals surface area contributed by atoms with Crippen LogP contribution in [0.1, 0.15) is 16.1 Å². The molecule has 0 saturated heterocycles. The molecule has 2 rings (SSSR count). The molecule has 1 aromatic carbocycles. The number of ether oxygens (including phenoxy) is 2. The van der Waals surface area contributed by atoms with Gasteiger partial charge in [-0.05, 0) is 6.92 Å². The second-order valence-electron chi connectivity index (χ2n) is 5.12. The third kappa shape index (κ3) is 3.88. The Morgan fingerprint density at radius 2 is 1.74 bits per heavy atom. The van der Waals surface area contributed by atoms with Crippen molar-refractivity contribution in [3.8, 4) is 11.5 Å². The molecule has 1 aromatic heterocycles. The van der Waals surface area contributed by atoms with Gasteiger partial charge in [-0.1, -0.05) is 0 Å². The highest BCUT2D eigenvalue weighted by molar-refractivity contribution is 6.05. The molecule has 122 valence electrons. The SMILES string of the molecule is COc1cc(NC(=O)c2cnc(N(C)C)nc2C)cc(OC)c1. The van der Waals surface area contributed by atoms with Gasteiger partial charge in [-0.25, -0.2) is 9.97 Å². The number of rotatable bonds is 5. The van der Waals surface area contributed by atoms with Crippen molar-refractivity contribution in [2.75, 3.05) is 38.5 Å². The normalized spacial score (nSPS) is 10.1. The summed E-state index contributed by atoms with van der Waals surface area (Å²) in [5, 5.41) is 2.80. The Kier molecular flexibility index (Phi) is 5.00. The van der Waals surface area contributed by atoms with Crippen molar-refractivity contribution < 1.29 is 14.3 Å². The average Bonchev–Trinajstić information content (AvgIpc) is 2.53. The minimum Gasteiger partial charge on any atom is -0.497 e. The zero-order valence-corrected chi connectivity index (χ0v) is 13.9. The van der Waals surface area contributed by atoms with Gasteiger partial charge in [0.15, 0.2) is 0 Å². The minimum absolute atomic E-state index is 0.289. The first-order chi connectivity index (χ1) is 10.9. The van der Waals surface area contributed by atoms with Crippen molar-refractivity contribution in [1.29, 1.82) is 0 Å². The first-order valence-corrected chi connectivity index (χ1v) is 7.00. The van der Waals surface area contributed by atoms with Gasteiger partial charge in [0.1, 0.15) is 11.5 Å². The number of carbonyl (C=O) groups excluding carboxylic acids is 1. The lowest BCUT2D eigenvalue weighted by Gasteiger charge is -2.13. The Morgan fingerprint density at radius 1 is 1.13 bits per heavy atom. The number of nitrogens with zero attached hydrogens (tertiary/aromatic N) is 3. The van der Waals surface area contributed by atoms with Gasteiger partial charge in [0, 0.05) is 44.2 Å². The lowest BCUT2D eigenvalue weighted by Crippen LogP contribution is -2.18. The van der Waals surface area contributed by atoms with Crippen molar-refractivity contribution >= 4 is 17.5 Å². The van der Waals surface area contributed by atoms with Gasteiger partial charge in [0.25, 0.3) is 5.91 Å². The van der Waals surface area contributed by atoms with E-state index in [1.165, 1.54) is 6.20 Å². The van der Waals surface area contributed by atoms with Gasteiger partial charge in [-0.2, -0.15) is 0 Å². The molecule has 0 bridgehead atoms. The molecule has 23 heavy (non-hydrogen) atoms. The molecule has 0 unspecified atom stereocenters. The summed E-state index contributed by atoms with van der Waals surface area (Å²) in [7, 11) is 6.80. The molecular formula is C16H20N4O3. The lowest BCUT2D eigenvalue weighted by atomic mass is 10.2. The fraction of sp³-hybridized carbons (Fsp3) is 0.312. The second kappa shape index (κ2) is 6.95. The Balaban J connectivity index is 2.25. The molecule has 0 radical (unpaired) electrons. The van der Waals surface area contributed by atoms with Gasteiger partial charge >= 0.3 is 0 Å². The molecule has 1 N–H and O–H groups in total. The van der Waals surface area contributed by atoms with E-state index in [1.54, 1.807) is 44.2 Å². The lowest BCUT2D eigenvalue weighted by molar-refractivity contribution is 0.102. The van der Waals surface area contributed by atoms with Crippen molar-refractivity contribution in [2.24, 2.45) is 0 Å². The van der Waals surface area contributed by atoms with E-state index >= 15 is 0 Å². The van der Waals surface area contributed by atoms with Crippen molar-refractivity contribution in [3.63, 3.8) is 0 Å². The van der Waals surface area contributed by atoms with Crippen LogP contribution in [0.15, 0.2) is 24.4 Å². The topological polar surface area (TPSA) is 76.6 Å². The number of benzene rings is 1. The zero-order valence-electron chi connectivity index (χ0n) is 13.9. The van der Waals surface area contributed by atoms with Gasteiger partial charge in [0.2, 0.25) is 5.95 Å². The zero-order chi connectivity index (χ0) is 17.0. The van der Waals surface area contributed by atoms with Gasteiger partial charge < -0.3 is 19.7 Å². The standard InChI is InChI=1S/C16H20N4O3/c1-10-14(9-17-16(18-10)20(2)3)15(21)19-11-6-12(22-4)8-13(7-11)23-5/h6-9H,1-5H3,(H,19,21). The number of methoxy groups -OCH3 is 2. The van der Waals surface area contributed by atoms with Crippen LogP contribution in [-0.4, -0.2) is 44.2 Å². The third-order valence-corrected chi connectivity index (χ3v) is 3.22. The quantitative estimate of drug-likeness (QED) is 0.910. The summed E-state index contributed by atoms with van der Waals surface area (Å²) in [6, 6.07) is 5.16.